The van der Waals surface area contributed by atoms with E-state index in [0.717, 1.165) is 0 Å². The van der Waals surface area contributed by atoms with Crippen LogP contribution in [0.4, 0.5) is 5.69 Å². The van der Waals surface area contributed by atoms with Gasteiger partial charge < -0.3 is 11.1 Å². The smallest absolute Gasteiger partial charge is 0.297 e. The topological polar surface area (TPSA) is 109 Å². The van der Waals surface area contributed by atoms with Gasteiger partial charge in [-0.15, -0.1) is 0 Å². The van der Waals surface area contributed by atoms with Gasteiger partial charge in [0.1, 0.15) is 4.90 Å². The van der Waals surface area contributed by atoms with Gasteiger partial charge in [0.25, 0.3) is 10.1 Å². The molecule has 0 saturated carbocycles. The molecular weight excluding hydrogens is 372 g/mol. The molecule has 0 atom stereocenters. The van der Waals surface area contributed by atoms with Crippen molar-refractivity contribution in [1.82, 2.24) is 5.32 Å². The second-order valence-electron chi connectivity index (χ2n) is 4.48. The van der Waals surface area contributed by atoms with Crippen molar-refractivity contribution in [2.45, 2.75) is 11.4 Å². The van der Waals surface area contributed by atoms with Crippen LogP contribution in [0.15, 0.2) is 46.3 Å². The number of carbonyl (C=O) groups excluding carboxylic acids is 1. The molecule has 0 bridgehead atoms. The van der Waals surface area contributed by atoms with E-state index >= 15 is 0 Å². The summed E-state index contributed by atoms with van der Waals surface area (Å²) in [5, 5.41) is 3.57. The third kappa shape index (κ3) is 3.46. The fourth-order valence-electron chi connectivity index (χ4n) is 2.15. The van der Waals surface area contributed by atoms with Crippen LogP contribution in [-0.4, -0.2) is 18.9 Å². The number of rotatable bonds is 4. The molecule has 0 aliphatic rings. The predicted octanol–water partition coefficient (Wildman–Crippen LogP) is 2.19. The minimum atomic E-state index is -4.45. The quantitative estimate of drug-likeness (QED) is 0.425. The van der Waals surface area contributed by atoms with Crippen LogP contribution in [0.3, 0.4) is 0 Å². The Kier molecular flexibility index (Phi) is 4.84. The van der Waals surface area contributed by atoms with Crippen LogP contribution in [0.25, 0.3) is 10.8 Å². The Morgan fingerprint density at radius 2 is 2.00 bits per heavy atom. The monoisotopic (exact) mass is 384 g/mol. The number of benzene rings is 2. The lowest BCUT2D eigenvalue weighted by molar-refractivity contribution is -0.116. The van der Waals surface area contributed by atoms with E-state index in [0.29, 0.717) is 16.3 Å². The first-order valence-electron chi connectivity index (χ1n) is 6.16. The summed E-state index contributed by atoms with van der Waals surface area (Å²) in [6.45, 7) is 0.211. The van der Waals surface area contributed by atoms with Crippen LogP contribution in [0.5, 0.6) is 0 Å². The van der Waals surface area contributed by atoms with Crippen molar-refractivity contribution in [1.29, 1.82) is 0 Å². The number of hydrogen-bond acceptors (Lipinski definition) is 4. The van der Waals surface area contributed by atoms with Crippen LogP contribution in [0, 0.1) is 0 Å². The molecule has 116 valence electrons. The molecule has 0 aromatic heterocycles. The number of nitrogen functional groups attached to an aromatic ring is 1. The van der Waals surface area contributed by atoms with Crippen molar-refractivity contribution < 1.29 is 17.8 Å². The highest BCUT2D eigenvalue weighted by Crippen LogP contribution is 2.30. The van der Waals surface area contributed by atoms with Gasteiger partial charge in [-0.2, -0.15) is 8.42 Å². The minimum absolute atomic E-state index is 0.0293. The van der Waals surface area contributed by atoms with Crippen molar-refractivity contribution in [3.05, 3.63) is 47.0 Å². The molecule has 0 radical (unpaired) electrons. The van der Waals surface area contributed by atoms with E-state index in [-0.39, 0.29) is 23.0 Å². The summed E-state index contributed by atoms with van der Waals surface area (Å²) in [6.07, 6.45) is 1.31. The van der Waals surface area contributed by atoms with Gasteiger partial charge in [0.15, 0.2) is 0 Å². The summed E-state index contributed by atoms with van der Waals surface area (Å²) < 4.78 is 32.4. The number of nitrogens with one attached hydrogen (secondary N) is 1. The van der Waals surface area contributed by atoms with Gasteiger partial charge in [-0.1, -0.05) is 40.2 Å². The van der Waals surface area contributed by atoms with Crippen molar-refractivity contribution in [3.8, 4) is 0 Å². The van der Waals surface area contributed by atoms with Gasteiger partial charge in [-0.3, -0.25) is 9.35 Å². The molecule has 2 aromatic rings. The molecule has 8 heteroatoms. The van der Waals surface area contributed by atoms with Crippen LogP contribution in [0.2, 0.25) is 0 Å². The molecular formula is C14H13BrN2O4S. The standard InChI is InChI=1S/C14H13BrN2O4S/c15-7-6-13(18)17-8-9-2-1-3-11-10(9)4-5-12(16)14(11)22(19,20)21/h1-7H,8,16H2,(H,17,18)(H,19,20,21). The van der Waals surface area contributed by atoms with E-state index in [4.69, 9.17) is 5.73 Å². The zero-order valence-electron chi connectivity index (χ0n) is 11.3. The number of halogens is 1. The first-order chi connectivity index (χ1) is 10.3. The van der Waals surface area contributed by atoms with Crippen molar-refractivity contribution in [2.75, 3.05) is 5.73 Å². The fraction of sp³-hybridized carbons (Fsp3) is 0.0714. The number of fused-ring (bicyclic) bond motifs is 1. The molecule has 0 heterocycles. The average Bonchev–Trinajstić information content (AvgIpc) is 2.43. The molecule has 6 nitrogen and oxygen atoms in total. The summed E-state index contributed by atoms with van der Waals surface area (Å²) in [6, 6.07) is 8.01. The van der Waals surface area contributed by atoms with E-state index in [9.17, 15) is 17.8 Å². The largest absolute Gasteiger partial charge is 0.398 e. The zero-order chi connectivity index (χ0) is 16.3. The summed E-state index contributed by atoms with van der Waals surface area (Å²) >= 11 is 3.01. The zero-order valence-corrected chi connectivity index (χ0v) is 13.7. The molecule has 2 rings (SSSR count). The number of anilines is 1. The van der Waals surface area contributed by atoms with Crippen molar-refractivity contribution in [3.63, 3.8) is 0 Å². The van der Waals surface area contributed by atoms with Crippen LogP contribution in [-0.2, 0) is 21.5 Å². The lowest BCUT2D eigenvalue weighted by Crippen LogP contribution is -2.20. The highest BCUT2D eigenvalue weighted by Gasteiger charge is 2.18. The summed E-state index contributed by atoms with van der Waals surface area (Å²) in [7, 11) is -4.45. The van der Waals surface area contributed by atoms with Crippen molar-refractivity contribution >= 4 is 48.4 Å². The lowest BCUT2D eigenvalue weighted by atomic mass is 10.0. The fourth-order valence-corrected chi connectivity index (χ4v) is 3.21. The molecule has 0 aliphatic heterocycles. The van der Waals surface area contributed by atoms with E-state index in [1.807, 2.05) is 0 Å². The summed E-state index contributed by atoms with van der Waals surface area (Å²) in [5.41, 5.74) is 6.34. The maximum Gasteiger partial charge on any atom is 0.297 e. The molecule has 2 aromatic carbocycles. The Hall–Kier alpha value is -1.90. The van der Waals surface area contributed by atoms with Gasteiger partial charge in [-0.05, 0) is 22.0 Å². The number of amides is 1. The number of hydrogen-bond donors (Lipinski definition) is 3. The molecule has 0 unspecified atom stereocenters. The lowest BCUT2D eigenvalue weighted by Gasteiger charge is -2.11. The first-order valence-corrected chi connectivity index (χ1v) is 8.52. The molecule has 4 N–H and O–H groups in total. The van der Waals surface area contributed by atoms with E-state index in [2.05, 4.69) is 21.2 Å². The average molecular weight is 385 g/mol. The third-order valence-corrected chi connectivity index (χ3v) is 4.29. The molecule has 0 saturated heterocycles. The second-order valence-corrected chi connectivity index (χ2v) is 6.37. The normalized spacial score (nSPS) is 11.9. The van der Waals surface area contributed by atoms with E-state index in [1.165, 1.54) is 17.1 Å². The number of nitrogens with two attached hydrogens (primary N) is 1. The molecule has 0 fully saturated rings. The van der Waals surface area contributed by atoms with Crippen LogP contribution in [0.1, 0.15) is 5.56 Å². The Bertz CT molecular complexity index is 863. The Morgan fingerprint density at radius 3 is 2.64 bits per heavy atom. The highest BCUT2D eigenvalue weighted by atomic mass is 79.9. The van der Waals surface area contributed by atoms with Gasteiger partial charge in [0.05, 0.1) is 5.69 Å². The van der Waals surface area contributed by atoms with Gasteiger partial charge in [-0.25, -0.2) is 0 Å². The molecule has 0 aliphatic carbocycles. The third-order valence-electron chi connectivity index (χ3n) is 3.06. The molecule has 1 amide bonds. The second kappa shape index (κ2) is 6.47. The molecule has 22 heavy (non-hydrogen) atoms. The maximum atomic E-state index is 11.5. The van der Waals surface area contributed by atoms with Gasteiger partial charge in [0, 0.05) is 18.0 Å². The Balaban J connectivity index is 2.53. The number of carbonyl (C=O) groups is 1. The predicted molar refractivity (Wildman–Crippen MR) is 88.1 cm³/mol. The van der Waals surface area contributed by atoms with Crippen LogP contribution >= 0.6 is 15.9 Å². The van der Waals surface area contributed by atoms with Crippen LogP contribution < -0.4 is 11.1 Å². The minimum Gasteiger partial charge on any atom is -0.398 e. The van der Waals surface area contributed by atoms with E-state index < -0.39 is 10.1 Å². The maximum absolute atomic E-state index is 11.5. The highest BCUT2D eigenvalue weighted by molar-refractivity contribution is 9.11. The SMILES string of the molecule is Nc1ccc2c(CNC(=O)C=CBr)cccc2c1S(=O)(=O)O. The summed E-state index contributed by atoms with van der Waals surface area (Å²) in [5.74, 6) is -0.292. The Morgan fingerprint density at radius 1 is 1.27 bits per heavy atom. The van der Waals surface area contributed by atoms with Crippen molar-refractivity contribution in [2.24, 2.45) is 0 Å². The molecule has 0 spiro atoms. The van der Waals surface area contributed by atoms with E-state index in [1.54, 1.807) is 24.3 Å². The Labute approximate surface area is 135 Å². The summed E-state index contributed by atoms with van der Waals surface area (Å²) in [4.78, 5) is 12.6. The van der Waals surface area contributed by atoms with Gasteiger partial charge >= 0.3 is 0 Å². The van der Waals surface area contributed by atoms with Gasteiger partial charge in [0.2, 0.25) is 5.91 Å². The first kappa shape index (κ1) is 16.5.